The molecule has 34 heavy (non-hydrogen) atoms. The number of unbranched alkanes of at least 4 members (excludes halogenated alkanes) is 2. The monoisotopic (exact) mass is 480 g/mol. The molecule has 0 aliphatic carbocycles. The van der Waals surface area contributed by atoms with E-state index in [0.717, 1.165) is 31.9 Å². The highest BCUT2D eigenvalue weighted by molar-refractivity contribution is 6.00. The van der Waals surface area contributed by atoms with Crippen LogP contribution < -0.4 is 32.7 Å². The highest BCUT2D eigenvalue weighted by Crippen LogP contribution is 2.22. The Morgan fingerprint density at radius 3 is 2.26 bits per heavy atom. The standard InChI is InChI=1S/C22H36N6O6/c23-8-4-9-25-12-7-20(32)26-10-2-1-3-11-27-22(34)17(14-19(24)31)28-21(33)16-6-5-15(29)13-18(16)30/h5-6,13,17,25,29-30H,1-4,7-12,14,23H2,(H2,24,31)(H,26,32)(H,27,34)(H,28,33)/t17-/m0/s1. The molecule has 0 aromatic heterocycles. The van der Waals surface area contributed by atoms with Crippen molar-refractivity contribution in [3.05, 3.63) is 23.8 Å². The molecule has 0 fully saturated rings. The van der Waals surface area contributed by atoms with Crippen LogP contribution in [0.15, 0.2) is 18.2 Å². The van der Waals surface area contributed by atoms with E-state index in [1.165, 1.54) is 12.1 Å². The molecule has 190 valence electrons. The average Bonchev–Trinajstić information content (AvgIpc) is 2.77. The quantitative estimate of drug-likeness (QED) is 0.127. The normalized spacial score (nSPS) is 11.4. The number of primary amides is 1. The molecule has 12 heteroatoms. The Bertz CT molecular complexity index is 819. The van der Waals surface area contributed by atoms with Crippen LogP contribution in [0.3, 0.4) is 0 Å². The third-order valence-corrected chi connectivity index (χ3v) is 4.81. The van der Waals surface area contributed by atoms with E-state index in [-0.39, 0.29) is 17.2 Å². The maximum absolute atomic E-state index is 12.4. The van der Waals surface area contributed by atoms with Gasteiger partial charge in [-0.2, -0.15) is 0 Å². The van der Waals surface area contributed by atoms with E-state index in [4.69, 9.17) is 11.5 Å². The summed E-state index contributed by atoms with van der Waals surface area (Å²) < 4.78 is 0. The summed E-state index contributed by atoms with van der Waals surface area (Å²) in [6.45, 7) is 2.86. The SMILES string of the molecule is NCCCNCCC(=O)NCCCCCNC(=O)[C@H](CC(N)=O)NC(=O)c1ccc(O)cc1O. The molecule has 0 heterocycles. The number of hydrogen-bond donors (Lipinski definition) is 8. The van der Waals surface area contributed by atoms with Crippen LogP contribution in [-0.2, 0) is 14.4 Å². The van der Waals surface area contributed by atoms with E-state index < -0.39 is 35.9 Å². The molecule has 1 aromatic rings. The Kier molecular flexibility index (Phi) is 13.7. The molecule has 1 atom stereocenters. The number of nitrogens with two attached hydrogens (primary N) is 2. The van der Waals surface area contributed by atoms with Gasteiger partial charge in [-0.05, 0) is 50.9 Å². The number of benzene rings is 1. The van der Waals surface area contributed by atoms with E-state index in [9.17, 15) is 29.4 Å². The zero-order valence-corrected chi connectivity index (χ0v) is 19.3. The van der Waals surface area contributed by atoms with Gasteiger partial charge >= 0.3 is 0 Å². The topological polar surface area (TPSA) is 209 Å². The minimum atomic E-state index is -1.21. The van der Waals surface area contributed by atoms with Crippen molar-refractivity contribution in [2.75, 3.05) is 32.7 Å². The minimum Gasteiger partial charge on any atom is -0.508 e. The van der Waals surface area contributed by atoms with Crippen LogP contribution in [0.25, 0.3) is 0 Å². The number of hydrogen-bond acceptors (Lipinski definition) is 8. The Hall–Kier alpha value is -3.38. The number of carbonyl (C=O) groups excluding carboxylic acids is 4. The smallest absolute Gasteiger partial charge is 0.255 e. The molecule has 4 amide bonds. The van der Waals surface area contributed by atoms with Crippen molar-refractivity contribution in [2.24, 2.45) is 11.5 Å². The van der Waals surface area contributed by atoms with Gasteiger partial charge in [-0.15, -0.1) is 0 Å². The maximum atomic E-state index is 12.4. The maximum Gasteiger partial charge on any atom is 0.255 e. The zero-order valence-electron chi connectivity index (χ0n) is 19.3. The highest BCUT2D eigenvalue weighted by Gasteiger charge is 2.24. The van der Waals surface area contributed by atoms with Crippen molar-refractivity contribution in [1.29, 1.82) is 0 Å². The van der Waals surface area contributed by atoms with Crippen LogP contribution in [0.4, 0.5) is 0 Å². The van der Waals surface area contributed by atoms with Crippen molar-refractivity contribution in [3.8, 4) is 11.5 Å². The summed E-state index contributed by atoms with van der Waals surface area (Å²) in [7, 11) is 0. The summed E-state index contributed by atoms with van der Waals surface area (Å²) >= 11 is 0. The number of phenolic OH excluding ortho intramolecular Hbond substituents is 2. The van der Waals surface area contributed by atoms with Gasteiger partial charge in [0.25, 0.3) is 5.91 Å². The van der Waals surface area contributed by atoms with Gasteiger partial charge in [0.05, 0.1) is 12.0 Å². The lowest BCUT2D eigenvalue weighted by molar-refractivity contribution is -0.126. The molecule has 0 spiro atoms. The first-order valence-corrected chi connectivity index (χ1v) is 11.3. The molecule has 0 bridgehead atoms. The Morgan fingerprint density at radius 2 is 1.62 bits per heavy atom. The van der Waals surface area contributed by atoms with Gasteiger partial charge < -0.3 is 42.9 Å². The molecule has 0 saturated heterocycles. The van der Waals surface area contributed by atoms with Gasteiger partial charge in [0.1, 0.15) is 17.5 Å². The molecule has 1 aromatic carbocycles. The molecular formula is C22H36N6O6. The fourth-order valence-electron chi connectivity index (χ4n) is 2.99. The van der Waals surface area contributed by atoms with E-state index >= 15 is 0 Å². The number of aromatic hydroxyl groups is 2. The summed E-state index contributed by atoms with van der Waals surface area (Å²) in [5.74, 6) is -2.87. The van der Waals surface area contributed by atoms with Crippen LogP contribution in [0.1, 0.15) is 48.9 Å². The lowest BCUT2D eigenvalue weighted by atomic mass is 10.1. The molecule has 0 saturated carbocycles. The second kappa shape index (κ2) is 16.3. The predicted octanol–water partition coefficient (Wildman–Crippen LogP) is -1.20. The van der Waals surface area contributed by atoms with Crippen LogP contribution in [0.2, 0.25) is 0 Å². The largest absolute Gasteiger partial charge is 0.508 e. The van der Waals surface area contributed by atoms with Crippen LogP contribution in [0, 0.1) is 0 Å². The van der Waals surface area contributed by atoms with Crippen molar-refractivity contribution in [2.45, 2.75) is 44.6 Å². The second-order valence-corrected chi connectivity index (χ2v) is 7.74. The minimum absolute atomic E-state index is 0.0294. The molecule has 10 N–H and O–H groups in total. The first-order valence-electron chi connectivity index (χ1n) is 11.3. The molecule has 0 radical (unpaired) electrons. The van der Waals surface area contributed by atoms with Crippen LogP contribution in [0.5, 0.6) is 11.5 Å². The number of phenols is 2. The Balaban J connectivity index is 2.31. The van der Waals surface area contributed by atoms with Gasteiger partial charge in [0.15, 0.2) is 0 Å². The Morgan fingerprint density at radius 1 is 0.912 bits per heavy atom. The average molecular weight is 481 g/mol. The molecule has 1 rings (SSSR count). The number of amides is 4. The summed E-state index contributed by atoms with van der Waals surface area (Å²) in [4.78, 5) is 47.8. The summed E-state index contributed by atoms with van der Waals surface area (Å²) in [6.07, 6.45) is 2.99. The first kappa shape index (κ1) is 28.7. The second-order valence-electron chi connectivity index (χ2n) is 7.74. The van der Waals surface area contributed by atoms with Gasteiger partial charge in [-0.25, -0.2) is 0 Å². The molecule has 12 nitrogen and oxygen atoms in total. The van der Waals surface area contributed by atoms with Gasteiger partial charge in [-0.3, -0.25) is 19.2 Å². The van der Waals surface area contributed by atoms with Crippen molar-refractivity contribution < 1.29 is 29.4 Å². The van der Waals surface area contributed by atoms with Crippen molar-refractivity contribution >= 4 is 23.6 Å². The molecule has 0 aliphatic rings. The highest BCUT2D eigenvalue weighted by atomic mass is 16.3. The Labute approximate surface area is 198 Å². The van der Waals surface area contributed by atoms with Gasteiger partial charge in [-0.1, -0.05) is 0 Å². The molecular weight excluding hydrogens is 444 g/mol. The van der Waals surface area contributed by atoms with Crippen LogP contribution >= 0.6 is 0 Å². The summed E-state index contributed by atoms with van der Waals surface area (Å²) in [6, 6.07) is 2.17. The summed E-state index contributed by atoms with van der Waals surface area (Å²) in [5.41, 5.74) is 10.4. The lowest BCUT2D eigenvalue weighted by Gasteiger charge is -2.17. The van der Waals surface area contributed by atoms with E-state index in [1.54, 1.807) is 0 Å². The van der Waals surface area contributed by atoms with Crippen LogP contribution in [-0.4, -0.2) is 72.6 Å². The number of rotatable bonds is 17. The first-order chi connectivity index (χ1) is 16.2. The number of carbonyl (C=O) groups is 4. The molecule has 0 aliphatic heterocycles. The van der Waals surface area contributed by atoms with Gasteiger partial charge in [0.2, 0.25) is 17.7 Å². The number of nitrogens with one attached hydrogen (secondary N) is 4. The van der Waals surface area contributed by atoms with E-state index in [2.05, 4.69) is 21.3 Å². The van der Waals surface area contributed by atoms with Crippen molar-refractivity contribution in [1.82, 2.24) is 21.3 Å². The molecule has 0 unspecified atom stereocenters. The lowest BCUT2D eigenvalue weighted by Crippen LogP contribution is -2.48. The summed E-state index contributed by atoms with van der Waals surface area (Å²) in [5, 5.41) is 30.1. The zero-order chi connectivity index (χ0) is 25.3. The van der Waals surface area contributed by atoms with Gasteiger partial charge in [0, 0.05) is 32.1 Å². The predicted molar refractivity (Wildman–Crippen MR) is 126 cm³/mol. The third kappa shape index (κ3) is 12.0. The van der Waals surface area contributed by atoms with Crippen molar-refractivity contribution in [3.63, 3.8) is 0 Å². The van der Waals surface area contributed by atoms with E-state index in [1.807, 2.05) is 0 Å². The fourth-order valence-corrected chi connectivity index (χ4v) is 2.99. The fraction of sp³-hybridized carbons (Fsp3) is 0.545. The third-order valence-electron chi connectivity index (χ3n) is 4.81. The van der Waals surface area contributed by atoms with E-state index in [0.29, 0.717) is 39.0 Å².